The molecule has 3 aromatic rings. The maximum Gasteiger partial charge on any atom is 0.259 e. The van der Waals surface area contributed by atoms with E-state index in [9.17, 15) is 4.79 Å². The van der Waals surface area contributed by atoms with Gasteiger partial charge in [0.15, 0.2) is 0 Å². The van der Waals surface area contributed by atoms with Gasteiger partial charge < -0.3 is 15.0 Å². The van der Waals surface area contributed by atoms with Crippen LogP contribution in [-0.4, -0.2) is 32.3 Å². The van der Waals surface area contributed by atoms with Crippen LogP contribution in [0, 0.1) is 11.3 Å². The first-order valence-electron chi connectivity index (χ1n) is 13.2. The van der Waals surface area contributed by atoms with Gasteiger partial charge in [-0.2, -0.15) is 0 Å². The van der Waals surface area contributed by atoms with Gasteiger partial charge >= 0.3 is 0 Å². The van der Waals surface area contributed by atoms with Gasteiger partial charge in [-0.1, -0.05) is 39.0 Å². The van der Waals surface area contributed by atoms with Crippen LogP contribution in [0.1, 0.15) is 67.4 Å². The highest BCUT2D eigenvalue weighted by Crippen LogP contribution is 2.45. The van der Waals surface area contributed by atoms with Crippen LogP contribution in [0.3, 0.4) is 0 Å². The van der Waals surface area contributed by atoms with Gasteiger partial charge in [-0.15, -0.1) is 11.3 Å². The number of benzene rings is 2. The molecule has 0 bridgehead atoms. The van der Waals surface area contributed by atoms with Gasteiger partial charge in [0.1, 0.15) is 10.8 Å². The molecule has 0 unspecified atom stereocenters. The van der Waals surface area contributed by atoms with Crippen LogP contribution in [-0.2, 0) is 12.8 Å². The maximum absolute atomic E-state index is 13.6. The molecule has 196 valence electrons. The summed E-state index contributed by atoms with van der Waals surface area (Å²) in [5, 5.41) is 3.86. The quantitative estimate of drug-likeness (QED) is 0.311. The first-order valence-corrected chi connectivity index (χ1v) is 14.0. The lowest BCUT2D eigenvalue weighted by molar-refractivity contribution is 0.102. The topological polar surface area (TPSA) is 53.9 Å². The van der Waals surface area contributed by atoms with E-state index in [4.69, 9.17) is 9.73 Å². The van der Waals surface area contributed by atoms with Crippen molar-refractivity contribution in [3.05, 3.63) is 70.1 Å². The largest absolute Gasteiger partial charge is 0.496 e. The molecule has 6 heteroatoms. The molecular formula is C31H39N3O2S. The number of ether oxygens (including phenoxy) is 1. The number of rotatable bonds is 8. The maximum atomic E-state index is 13.6. The summed E-state index contributed by atoms with van der Waals surface area (Å²) in [6.45, 7) is 13.1. The Bertz CT molecular complexity index is 1250. The van der Waals surface area contributed by atoms with Crippen molar-refractivity contribution in [2.75, 3.05) is 30.4 Å². The Morgan fingerprint density at radius 1 is 1.16 bits per heavy atom. The fraction of sp³-hybridized carbons (Fsp3) is 0.419. The number of aliphatic imine (C=N–C) groups is 1. The van der Waals surface area contributed by atoms with Crippen molar-refractivity contribution in [1.82, 2.24) is 0 Å². The number of fused-ring (bicyclic) bond motifs is 1. The fourth-order valence-electron chi connectivity index (χ4n) is 5.07. The molecule has 1 heterocycles. The highest BCUT2D eigenvalue weighted by atomic mass is 32.1. The summed E-state index contributed by atoms with van der Waals surface area (Å²) < 4.78 is 5.71. The molecule has 2 aromatic carbocycles. The van der Waals surface area contributed by atoms with Gasteiger partial charge in [0.25, 0.3) is 5.91 Å². The number of nitrogens with one attached hydrogen (secondary N) is 1. The standard InChI is InChI=1S/C31H39N3O2S/c1-7-34(8-2)24-16-14-21(26(19-24)36-6)20-32-30-28(29(35)33-23-12-10-9-11-13-23)25-17-15-22(31(3,4)5)18-27(25)37-30/h9-14,16,19-20,22H,7-8,15,17-18H2,1-6H3,(H,33,35)/t22-/m1/s1. The zero-order chi connectivity index (χ0) is 26.6. The predicted octanol–water partition coefficient (Wildman–Crippen LogP) is 7.76. The Balaban J connectivity index is 1.70. The lowest BCUT2D eigenvalue weighted by atomic mass is 9.72. The number of hydrogen-bond acceptors (Lipinski definition) is 5. The number of thiophene rings is 1. The number of para-hydroxylation sites is 1. The lowest BCUT2D eigenvalue weighted by Gasteiger charge is -2.33. The van der Waals surface area contributed by atoms with Crippen molar-refractivity contribution < 1.29 is 9.53 Å². The number of hydrogen-bond donors (Lipinski definition) is 1. The SMILES string of the molecule is CCN(CC)c1ccc(C=Nc2sc3c(c2C(=O)Nc2ccccc2)CC[C@@H](C(C)(C)C)C3)c(OC)c1. The molecule has 0 fully saturated rings. The van der Waals surface area contributed by atoms with Gasteiger partial charge in [0.05, 0.1) is 12.7 Å². The van der Waals surface area contributed by atoms with E-state index in [0.29, 0.717) is 11.5 Å². The zero-order valence-corrected chi connectivity index (χ0v) is 23.7. The van der Waals surface area contributed by atoms with Crippen LogP contribution in [0.2, 0.25) is 0 Å². The van der Waals surface area contributed by atoms with E-state index in [1.165, 1.54) is 4.88 Å². The van der Waals surface area contributed by atoms with Crippen LogP contribution in [0.15, 0.2) is 53.5 Å². The van der Waals surface area contributed by atoms with Crippen molar-refractivity contribution >= 4 is 39.8 Å². The first kappa shape index (κ1) is 26.9. The minimum Gasteiger partial charge on any atom is -0.496 e. The van der Waals surface area contributed by atoms with Gasteiger partial charge in [0, 0.05) is 47.2 Å². The number of anilines is 2. The van der Waals surface area contributed by atoms with Crippen molar-refractivity contribution in [2.24, 2.45) is 16.3 Å². The zero-order valence-electron chi connectivity index (χ0n) is 22.9. The second-order valence-corrected chi connectivity index (χ2v) is 11.8. The average Bonchev–Trinajstić information content (AvgIpc) is 3.26. The molecule has 0 aliphatic heterocycles. The average molecular weight is 518 g/mol. The van der Waals surface area contributed by atoms with Crippen molar-refractivity contribution in [1.29, 1.82) is 0 Å². The Kier molecular flexibility index (Phi) is 8.38. The van der Waals surface area contributed by atoms with Crippen molar-refractivity contribution in [3.8, 4) is 5.75 Å². The third-order valence-corrected chi connectivity index (χ3v) is 8.56. The van der Waals surface area contributed by atoms with Crippen LogP contribution in [0.5, 0.6) is 5.75 Å². The minimum absolute atomic E-state index is 0.0890. The van der Waals surface area contributed by atoms with Crippen LogP contribution in [0.4, 0.5) is 16.4 Å². The summed E-state index contributed by atoms with van der Waals surface area (Å²) >= 11 is 1.66. The molecule has 37 heavy (non-hydrogen) atoms. The lowest BCUT2D eigenvalue weighted by Crippen LogP contribution is -2.27. The van der Waals surface area contributed by atoms with Crippen molar-refractivity contribution in [2.45, 2.75) is 53.9 Å². The Labute approximate surface area is 225 Å². The van der Waals surface area contributed by atoms with Crippen LogP contribution < -0.4 is 15.0 Å². The number of carbonyl (C=O) groups is 1. The number of amides is 1. The van der Waals surface area contributed by atoms with Gasteiger partial charge in [-0.05, 0) is 74.3 Å². The van der Waals surface area contributed by atoms with E-state index in [1.807, 2.05) is 42.6 Å². The molecule has 0 spiro atoms. The summed E-state index contributed by atoms with van der Waals surface area (Å²) in [6.07, 6.45) is 4.82. The molecule has 1 aromatic heterocycles. The summed E-state index contributed by atoms with van der Waals surface area (Å²) in [5.74, 6) is 1.28. The third-order valence-electron chi connectivity index (χ3n) is 7.40. The Morgan fingerprint density at radius 3 is 2.54 bits per heavy atom. The van der Waals surface area contributed by atoms with E-state index < -0.39 is 0 Å². The van der Waals surface area contributed by atoms with E-state index in [0.717, 1.165) is 65.6 Å². The third kappa shape index (κ3) is 6.07. The first-order chi connectivity index (χ1) is 17.7. The van der Waals surface area contributed by atoms with E-state index in [1.54, 1.807) is 18.4 Å². The minimum atomic E-state index is -0.0890. The number of methoxy groups -OCH3 is 1. The molecule has 5 nitrogen and oxygen atoms in total. The van der Waals surface area contributed by atoms with E-state index >= 15 is 0 Å². The van der Waals surface area contributed by atoms with Crippen LogP contribution >= 0.6 is 11.3 Å². The molecule has 4 rings (SSSR count). The summed E-state index contributed by atoms with van der Waals surface area (Å²) in [6, 6.07) is 15.8. The van der Waals surface area contributed by atoms with Gasteiger partial charge in [0.2, 0.25) is 0 Å². The predicted molar refractivity (Wildman–Crippen MR) is 157 cm³/mol. The Hall–Kier alpha value is -3.12. The summed E-state index contributed by atoms with van der Waals surface area (Å²) in [4.78, 5) is 22.0. The highest BCUT2D eigenvalue weighted by Gasteiger charge is 2.33. The molecule has 1 amide bonds. The smallest absolute Gasteiger partial charge is 0.259 e. The molecule has 0 radical (unpaired) electrons. The molecule has 1 N–H and O–H groups in total. The number of carbonyl (C=O) groups excluding carboxylic acids is 1. The molecule has 1 atom stereocenters. The second-order valence-electron chi connectivity index (χ2n) is 10.7. The molecule has 1 aliphatic carbocycles. The van der Waals surface area contributed by atoms with Gasteiger partial charge in [-0.3, -0.25) is 4.79 Å². The fourth-order valence-corrected chi connectivity index (χ4v) is 6.34. The molecule has 0 saturated heterocycles. The number of nitrogens with zero attached hydrogens (tertiary/aromatic N) is 2. The van der Waals surface area contributed by atoms with Gasteiger partial charge in [-0.25, -0.2) is 4.99 Å². The summed E-state index contributed by atoms with van der Waals surface area (Å²) in [7, 11) is 1.69. The second kappa shape index (κ2) is 11.5. The summed E-state index contributed by atoms with van der Waals surface area (Å²) in [5.41, 5.74) is 4.92. The van der Waals surface area contributed by atoms with Crippen molar-refractivity contribution in [3.63, 3.8) is 0 Å². The normalized spacial score (nSPS) is 15.5. The molecule has 0 saturated carbocycles. The van der Waals surface area contributed by atoms with E-state index in [2.05, 4.69) is 57.0 Å². The molecule has 1 aliphatic rings. The molecular weight excluding hydrogens is 478 g/mol. The highest BCUT2D eigenvalue weighted by molar-refractivity contribution is 7.16. The van der Waals surface area contributed by atoms with Crippen LogP contribution in [0.25, 0.3) is 0 Å². The Morgan fingerprint density at radius 2 is 1.89 bits per heavy atom. The van der Waals surface area contributed by atoms with E-state index in [-0.39, 0.29) is 11.3 Å². The monoisotopic (exact) mass is 517 g/mol.